The quantitative estimate of drug-likeness (QED) is 0.490. The molecule has 0 fully saturated rings. The van der Waals surface area contributed by atoms with E-state index < -0.39 is 0 Å². The number of nitrogens with zero attached hydrogens (tertiary/aromatic N) is 2. The molecular weight excluding hydrogens is 300 g/mol. The van der Waals surface area contributed by atoms with Crippen molar-refractivity contribution in [3.8, 4) is 0 Å². The van der Waals surface area contributed by atoms with Crippen molar-refractivity contribution in [2.24, 2.45) is 5.10 Å². The fraction of sp³-hybridized carbons (Fsp3) is 0.333. The van der Waals surface area contributed by atoms with E-state index in [4.69, 9.17) is 5.73 Å². The molecule has 6 heteroatoms. The molecule has 0 aromatic carbocycles. The van der Waals surface area contributed by atoms with E-state index in [1.165, 1.54) is 11.1 Å². The lowest BCUT2D eigenvalue weighted by Crippen LogP contribution is -2.34. The number of nitrogens with two attached hydrogens (primary N) is 1. The molecule has 2 aliphatic rings. The van der Waals surface area contributed by atoms with Gasteiger partial charge in [-0.25, -0.2) is 4.98 Å². The van der Waals surface area contributed by atoms with Crippen LogP contribution < -0.4 is 21.8 Å². The minimum atomic E-state index is 0.450. The lowest BCUT2D eigenvalue weighted by Gasteiger charge is -2.26. The summed E-state index contributed by atoms with van der Waals surface area (Å²) in [5, 5.41) is 11.0. The molecule has 1 atom stereocenters. The highest BCUT2D eigenvalue weighted by atomic mass is 15.3. The molecule has 0 radical (unpaired) electrons. The molecule has 0 saturated carbocycles. The van der Waals surface area contributed by atoms with Crippen LogP contribution in [0.1, 0.15) is 19.0 Å². The van der Waals surface area contributed by atoms with Gasteiger partial charge in [-0.1, -0.05) is 24.3 Å². The maximum absolute atomic E-state index is 6.05. The van der Waals surface area contributed by atoms with Crippen LogP contribution in [0.4, 0.5) is 11.5 Å². The third-order valence-electron chi connectivity index (χ3n) is 4.20. The second kappa shape index (κ2) is 7.31. The first-order valence-corrected chi connectivity index (χ1v) is 8.19. The molecule has 1 aromatic rings. The molecule has 6 nitrogen and oxygen atoms in total. The Labute approximate surface area is 142 Å². The zero-order valence-electron chi connectivity index (χ0n) is 14.1. The summed E-state index contributed by atoms with van der Waals surface area (Å²) in [6, 6.07) is 4.18. The number of hydrogen-bond donors (Lipinski definition) is 4. The fourth-order valence-corrected chi connectivity index (χ4v) is 2.90. The largest absolute Gasteiger partial charge is 0.396 e. The molecule has 24 heavy (non-hydrogen) atoms. The summed E-state index contributed by atoms with van der Waals surface area (Å²) in [6.07, 6.45) is 9.88. The van der Waals surface area contributed by atoms with Crippen molar-refractivity contribution in [3.05, 3.63) is 53.3 Å². The highest BCUT2D eigenvalue weighted by molar-refractivity contribution is 5.97. The van der Waals surface area contributed by atoms with Gasteiger partial charge in [0.15, 0.2) is 0 Å². The second-order valence-corrected chi connectivity index (χ2v) is 5.93. The van der Waals surface area contributed by atoms with Crippen molar-refractivity contribution in [2.45, 2.75) is 19.4 Å². The lowest BCUT2D eigenvalue weighted by atomic mass is 9.92. The van der Waals surface area contributed by atoms with Gasteiger partial charge in [-0.15, -0.1) is 0 Å². The molecule has 1 aliphatic heterocycles. The van der Waals surface area contributed by atoms with Crippen LogP contribution in [0.3, 0.4) is 0 Å². The van der Waals surface area contributed by atoms with Gasteiger partial charge in [0.2, 0.25) is 0 Å². The Morgan fingerprint density at radius 1 is 1.46 bits per heavy atom. The van der Waals surface area contributed by atoms with Gasteiger partial charge in [0.05, 0.1) is 17.1 Å². The fourth-order valence-electron chi connectivity index (χ4n) is 2.90. The number of anilines is 2. The first kappa shape index (κ1) is 16.3. The number of nitrogen functional groups attached to an aromatic ring is 1. The van der Waals surface area contributed by atoms with Crippen LogP contribution in [0, 0.1) is 0 Å². The minimum absolute atomic E-state index is 0.450. The number of pyridine rings is 1. The predicted octanol–water partition coefficient (Wildman–Crippen LogP) is 1.80. The van der Waals surface area contributed by atoms with Crippen LogP contribution in [0.2, 0.25) is 0 Å². The van der Waals surface area contributed by atoms with Crippen LogP contribution in [-0.4, -0.2) is 36.9 Å². The Hall–Kier alpha value is -2.60. The molecule has 1 aromatic heterocycles. The molecule has 5 N–H and O–H groups in total. The predicted molar refractivity (Wildman–Crippen MR) is 100 cm³/mol. The van der Waals surface area contributed by atoms with E-state index >= 15 is 0 Å². The van der Waals surface area contributed by atoms with Crippen LogP contribution >= 0.6 is 0 Å². The summed E-state index contributed by atoms with van der Waals surface area (Å²) >= 11 is 0. The maximum Gasteiger partial charge on any atom is 0.150 e. The molecule has 0 saturated heterocycles. The summed E-state index contributed by atoms with van der Waals surface area (Å²) in [5.41, 5.74) is 13.7. The molecule has 0 amide bonds. The van der Waals surface area contributed by atoms with Crippen LogP contribution in [0.15, 0.2) is 52.7 Å². The van der Waals surface area contributed by atoms with Crippen molar-refractivity contribution in [1.82, 2.24) is 15.7 Å². The summed E-state index contributed by atoms with van der Waals surface area (Å²) < 4.78 is 0. The molecule has 1 aliphatic carbocycles. The number of aromatic nitrogens is 1. The van der Waals surface area contributed by atoms with Gasteiger partial charge >= 0.3 is 0 Å². The summed E-state index contributed by atoms with van der Waals surface area (Å²) in [7, 11) is 1.77. The van der Waals surface area contributed by atoms with E-state index in [0.29, 0.717) is 24.1 Å². The van der Waals surface area contributed by atoms with E-state index in [1.54, 1.807) is 7.05 Å². The normalized spacial score (nSPS) is 20.1. The first-order valence-electron chi connectivity index (χ1n) is 8.19. The average molecular weight is 324 g/mol. The third kappa shape index (κ3) is 3.65. The molecule has 0 spiro atoms. The zero-order chi connectivity index (χ0) is 16.9. The smallest absolute Gasteiger partial charge is 0.150 e. The highest BCUT2D eigenvalue weighted by Crippen LogP contribution is 2.22. The lowest BCUT2D eigenvalue weighted by molar-refractivity contribution is 0.601. The van der Waals surface area contributed by atoms with Crippen LogP contribution in [-0.2, 0) is 0 Å². The Balaban J connectivity index is 1.71. The first-order chi connectivity index (χ1) is 11.7. The third-order valence-corrected chi connectivity index (χ3v) is 4.20. The average Bonchev–Trinajstić information content (AvgIpc) is 2.61. The van der Waals surface area contributed by atoms with Gasteiger partial charge in [0, 0.05) is 26.2 Å². The van der Waals surface area contributed by atoms with Crippen molar-refractivity contribution >= 4 is 17.2 Å². The summed E-state index contributed by atoms with van der Waals surface area (Å²) in [4.78, 5) is 4.58. The number of fused-ring (bicyclic) bond motifs is 1. The number of rotatable bonds is 5. The van der Waals surface area contributed by atoms with Crippen molar-refractivity contribution < 1.29 is 0 Å². The zero-order valence-corrected chi connectivity index (χ0v) is 14.1. The van der Waals surface area contributed by atoms with Crippen molar-refractivity contribution in [1.29, 1.82) is 0 Å². The second-order valence-electron chi connectivity index (χ2n) is 5.93. The SMILES string of the molecule is CN/N=C(\C)c1ccc(N)c(NCC2=CCC3NCC=CC3=C2)n1. The minimum Gasteiger partial charge on any atom is -0.396 e. The van der Waals surface area contributed by atoms with Crippen molar-refractivity contribution in [2.75, 3.05) is 31.2 Å². The Morgan fingerprint density at radius 3 is 3.17 bits per heavy atom. The highest BCUT2D eigenvalue weighted by Gasteiger charge is 2.17. The van der Waals surface area contributed by atoms with Gasteiger partial charge in [-0.2, -0.15) is 5.10 Å². The Bertz CT molecular complexity index is 729. The van der Waals surface area contributed by atoms with E-state index in [9.17, 15) is 0 Å². The van der Waals surface area contributed by atoms with Crippen LogP contribution in [0.25, 0.3) is 0 Å². The molecule has 3 rings (SSSR count). The van der Waals surface area contributed by atoms with E-state index in [0.717, 1.165) is 24.4 Å². The molecule has 1 unspecified atom stereocenters. The standard InChI is InChI=1S/C18H24N6/c1-12(24-20-2)16-8-6-15(19)18(23-16)22-11-13-5-7-17-14(10-13)4-3-9-21-17/h3-6,8,10,17,20-21H,7,9,11,19H2,1-2H3,(H,22,23)/b24-12+. The van der Waals surface area contributed by atoms with Gasteiger partial charge in [-0.05, 0) is 36.6 Å². The van der Waals surface area contributed by atoms with E-state index in [-0.39, 0.29) is 0 Å². The van der Waals surface area contributed by atoms with Gasteiger partial charge in [0.25, 0.3) is 0 Å². The van der Waals surface area contributed by atoms with Gasteiger partial charge < -0.3 is 21.8 Å². The topological polar surface area (TPSA) is 87.4 Å². The maximum atomic E-state index is 6.05. The Kier molecular flexibility index (Phi) is 4.96. The molecule has 0 bridgehead atoms. The number of hydrogen-bond acceptors (Lipinski definition) is 6. The van der Waals surface area contributed by atoms with Gasteiger partial charge in [-0.3, -0.25) is 0 Å². The molecule has 126 valence electrons. The van der Waals surface area contributed by atoms with E-state index in [2.05, 4.69) is 50.4 Å². The summed E-state index contributed by atoms with van der Waals surface area (Å²) in [5.74, 6) is 0.692. The van der Waals surface area contributed by atoms with E-state index in [1.807, 2.05) is 19.1 Å². The monoisotopic (exact) mass is 324 g/mol. The van der Waals surface area contributed by atoms with Gasteiger partial charge in [0.1, 0.15) is 5.82 Å². The Morgan fingerprint density at radius 2 is 2.33 bits per heavy atom. The number of nitrogens with one attached hydrogen (secondary N) is 3. The molecular formula is C18H24N6. The summed E-state index contributed by atoms with van der Waals surface area (Å²) in [6.45, 7) is 3.56. The van der Waals surface area contributed by atoms with Crippen molar-refractivity contribution in [3.63, 3.8) is 0 Å². The molecule has 2 heterocycles. The number of hydrazone groups is 1. The van der Waals surface area contributed by atoms with Crippen LogP contribution in [0.5, 0.6) is 0 Å².